The van der Waals surface area contributed by atoms with Gasteiger partial charge in [0, 0.05) is 11.1 Å². The van der Waals surface area contributed by atoms with Gasteiger partial charge in [0.05, 0.1) is 4.47 Å². The van der Waals surface area contributed by atoms with Gasteiger partial charge < -0.3 is 9.84 Å². The highest BCUT2D eigenvalue weighted by Gasteiger charge is 2.14. The van der Waals surface area contributed by atoms with Crippen LogP contribution in [0.25, 0.3) is 0 Å². The minimum Gasteiger partial charge on any atom is -0.478 e. The van der Waals surface area contributed by atoms with E-state index < -0.39 is 11.8 Å². The Kier molecular flexibility index (Phi) is 4.07. The summed E-state index contributed by atoms with van der Waals surface area (Å²) < 4.78 is 18.8. The van der Waals surface area contributed by atoms with E-state index in [0.717, 1.165) is 0 Å². The molecule has 2 aromatic carbocycles. The highest BCUT2D eigenvalue weighted by Crippen LogP contribution is 2.33. The number of hydrogen-bond donors (Lipinski definition) is 1. The van der Waals surface area contributed by atoms with E-state index in [0.29, 0.717) is 15.2 Å². The molecule has 6 heteroatoms. The first-order valence-electron chi connectivity index (χ1n) is 5.13. The second-order valence-electron chi connectivity index (χ2n) is 3.62. The molecule has 0 atom stereocenters. The summed E-state index contributed by atoms with van der Waals surface area (Å²) >= 11 is 8.95. The molecule has 0 aliphatic rings. The molecule has 2 aromatic rings. The van der Waals surface area contributed by atoms with E-state index in [1.54, 1.807) is 0 Å². The molecule has 0 unspecified atom stereocenters. The zero-order valence-electron chi connectivity index (χ0n) is 9.36. The van der Waals surface area contributed by atoms with Gasteiger partial charge >= 0.3 is 5.97 Å². The average Bonchev–Trinajstić information content (AvgIpc) is 2.32. The number of ether oxygens (including phenoxy) is 1. The first kappa shape index (κ1) is 13.8. The molecule has 1 N–H and O–H groups in total. The first-order chi connectivity index (χ1) is 8.97. The molecular formula is C13H7BrClFO3. The number of hydrogen-bond acceptors (Lipinski definition) is 2. The predicted molar refractivity (Wildman–Crippen MR) is 72.6 cm³/mol. The van der Waals surface area contributed by atoms with E-state index in [1.807, 2.05) is 0 Å². The largest absolute Gasteiger partial charge is 0.478 e. The summed E-state index contributed by atoms with van der Waals surface area (Å²) in [7, 11) is 0. The van der Waals surface area contributed by atoms with Crippen molar-refractivity contribution in [2.24, 2.45) is 0 Å². The average molecular weight is 346 g/mol. The highest BCUT2D eigenvalue weighted by molar-refractivity contribution is 9.10. The second-order valence-corrected chi connectivity index (χ2v) is 4.91. The molecular weight excluding hydrogens is 338 g/mol. The minimum absolute atomic E-state index is 0.0272. The fraction of sp³-hybridized carbons (Fsp3) is 0. The molecule has 0 saturated heterocycles. The van der Waals surface area contributed by atoms with Crippen LogP contribution in [0.5, 0.6) is 11.5 Å². The number of carboxylic acids is 1. The monoisotopic (exact) mass is 344 g/mol. The van der Waals surface area contributed by atoms with Gasteiger partial charge in [-0.1, -0.05) is 11.6 Å². The molecule has 0 heterocycles. The molecule has 2 rings (SSSR count). The first-order valence-corrected chi connectivity index (χ1v) is 6.30. The topological polar surface area (TPSA) is 46.5 Å². The van der Waals surface area contributed by atoms with E-state index in [-0.39, 0.29) is 11.3 Å². The van der Waals surface area contributed by atoms with Gasteiger partial charge in [-0.25, -0.2) is 9.18 Å². The van der Waals surface area contributed by atoms with Crippen molar-refractivity contribution in [3.8, 4) is 11.5 Å². The third kappa shape index (κ3) is 3.24. The number of carboxylic acid groups (broad SMARTS) is 1. The Morgan fingerprint density at radius 2 is 1.95 bits per heavy atom. The summed E-state index contributed by atoms with van der Waals surface area (Å²) in [4.78, 5) is 11.1. The smallest absolute Gasteiger partial charge is 0.339 e. The summed E-state index contributed by atoms with van der Waals surface area (Å²) in [6.45, 7) is 0. The predicted octanol–water partition coefficient (Wildman–Crippen LogP) is 4.73. The lowest BCUT2D eigenvalue weighted by Crippen LogP contribution is -2.00. The van der Waals surface area contributed by atoms with E-state index in [1.165, 1.54) is 36.4 Å². The van der Waals surface area contributed by atoms with Gasteiger partial charge in [-0.3, -0.25) is 0 Å². The quantitative estimate of drug-likeness (QED) is 0.874. The van der Waals surface area contributed by atoms with Crippen LogP contribution >= 0.6 is 27.5 Å². The van der Waals surface area contributed by atoms with Crippen molar-refractivity contribution < 1.29 is 19.0 Å². The molecule has 0 fully saturated rings. The Morgan fingerprint density at radius 3 is 2.58 bits per heavy atom. The minimum atomic E-state index is -1.13. The maximum atomic E-state index is 13.0. The van der Waals surface area contributed by atoms with Crippen molar-refractivity contribution in [2.45, 2.75) is 0 Å². The Bertz CT molecular complexity index is 646. The van der Waals surface area contributed by atoms with Crippen LogP contribution < -0.4 is 4.74 Å². The summed E-state index contributed by atoms with van der Waals surface area (Å²) in [5.41, 5.74) is -0.0272. The number of aromatic carboxylic acids is 1. The second kappa shape index (κ2) is 5.59. The van der Waals surface area contributed by atoms with Crippen LogP contribution in [0, 0.1) is 5.82 Å². The summed E-state index contributed by atoms with van der Waals surface area (Å²) in [5, 5.41) is 9.40. The van der Waals surface area contributed by atoms with Crippen LogP contribution in [0.1, 0.15) is 10.4 Å². The van der Waals surface area contributed by atoms with Gasteiger partial charge in [0.2, 0.25) is 0 Å². The van der Waals surface area contributed by atoms with Crippen molar-refractivity contribution in [3.63, 3.8) is 0 Å². The third-order valence-electron chi connectivity index (χ3n) is 2.29. The number of halogens is 3. The lowest BCUT2D eigenvalue weighted by atomic mass is 10.2. The molecule has 0 amide bonds. The lowest BCUT2D eigenvalue weighted by molar-refractivity contribution is 0.0694. The molecule has 19 heavy (non-hydrogen) atoms. The standard InChI is InChI=1S/C13H7BrClFO3/c14-10-6-8(16)2-4-11(10)19-12-5-7(15)1-3-9(12)13(17)18/h1-6H,(H,17,18). The normalized spacial score (nSPS) is 10.3. The molecule has 0 radical (unpaired) electrons. The molecule has 0 aromatic heterocycles. The summed E-state index contributed by atoms with van der Waals surface area (Å²) in [6, 6.07) is 8.02. The van der Waals surface area contributed by atoms with Crippen LogP contribution in [-0.4, -0.2) is 11.1 Å². The molecule has 0 aliphatic heterocycles. The van der Waals surface area contributed by atoms with Gasteiger partial charge in [-0.2, -0.15) is 0 Å². The molecule has 0 bridgehead atoms. The van der Waals surface area contributed by atoms with Gasteiger partial charge in [0.25, 0.3) is 0 Å². The zero-order chi connectivity index (χ0) is 14.0. The van der Waals surface area contributed by atoms with E-state index in [2.05, 4.69) is 15.9 Å². The maximum Gasteiger partial charge on any atom is 0.339 e. The van der Waals surface area contributed by atoms with Gasteiger partial charge in [-0.05, 0) is 46.3 Å². The highest BCUT2D eigenvalue weighted by atomic mass is 79.9. The van der Waals surface area contributed by atoms with E-state index in [4.69, 9.17) is 21.4 Å². The number of rotatable bonds is 3. The fourth-order valence-electron chi connectivity index (χ4n) is 1.43. The Balaban J connectivity index is 2.42. The van der Waals surface area contributed by atoms with Crippen LogP contribution in [-0.2, 0) is 0 Å². The Hall–Kier alpha value is -1.59. The maximum absolute atomic E-state index is 13.0. The van der Waals surface area contributed by atoms with Gasteiger partial charge in [0.1, 0.15) is 22.9 Å². The zero-order valence-corrected chi connectivity index (χ0v) is 11.7. The summed E-state index contributed by atoms with van der Waals surface area (Å²) in [5.74, 6) is -1.17. The third-order valence-corrected chi connectivity index (χ3v) is 3.14. The van der Waals surface area contributed by atoms with E-state index in [9.17, 15) is 9.18 Å². The number of benzene rings is 2. The van der Waals surface area contributed by atoms with E-state index >= 15 is 0 Å². The van der Waals surface area contributed by atoms with Crippen molar-refractivity contribution in [1.82, 2.24) is 0 Å². The van der Waals surface area contributed by atoms with Crippen LogP contribution in [0.4, 0.5) is 4.39 Å². The molecule has 3 nitrogen and oxygen atoms in total. The molecule has 0 aliphatic carbocycles. The van der Waals surface area contributed by atoms with Crippen molar-refractivity contribution in [2.75, 3.05) is 0 Å². The molecule has 98 valence electrons. The van der Waals surface area contributed by atoms with Gasteiger partial charge in [0.15, 0.2) is 0 Å². The summed E-state index contributed by atoms with van der Waals surface area (Å²) in [6.07, 6.45) is 0. The SMILES string of the molecule is O=C(O)c1ccc(Cl)cc1Oc1ccc(F)cc1Br. The number of carbonyl (C=O) groups is 1. The van der Waals surface area contributed by atoms with Crippen molar-refractivity contribution >= 4 is 33.5 Å². The van der Waals surface area contributed by atoms with Crippen LogP contribution in [0.3, 0.4) is 0 Å². The van der Waals surface area contributed by atoms with Crippen LogP contribution in [0.15, 0.2) is 40.9 Å². The lowest BCUT2D eigenvalue weighted by Gasteiger charge is -2.10. The van der Waals surface area contributed by atoms with Crippen molar-refractivity contribution in [3.05, 3.63) is 57.3 Å². The fourth-order valence-corrected chi connectivity index (χ4v) is 2.03. The van der Waals surface area contributed by atoms with Crippen molar-refractivity contribution in [1.29, 1.82) is 0 Å². The van der Waals surface area contributed by atoms with Gasteiger partial charge in [-0.15, -0.1) is 0 Å². The molecule has 0 spiro atoms. The molecule has 0 saturated carbocycles. The van der Waals surface area contributed by atoms with Crippen LogP contribution in [0.2, 0.25) is 5.02 Å². The Labute approximate surface area is 121 Å². The Morgan fingerprint density at radius 1 is 1.21 bits per heavy atom.